The van der Waals surface area contributed by atoms with E-state index in [2.05, 4.69) is 314 Å². The van der Waals surface area contributed by atoms with E-state index in [1.165, 1.54) is 88.3 Å². The SMILES string of the molecule is c1ccc(-c2ccc(N(c3ccc(-c4ccc(-c5ccccc5)c(-c5ccccc5)c4)cc3)c3ccc(-c4ccc5c(c4)c(-c4ccccc4)c(-c4ccccc4)c4ccccc45)cc3)c(-c3ccccc3)c2)cc1. The lowest BCUT2D eigenvalue weighted by molar-refractivity contribution is 1.28. The van der Waals surface area contributed by atoms with Crippen molar-refractivity contribution in [2.45, 2.75) is 0 Å². The van der Waals surface area contributed by atoms with E-state index in [9.17, 15) is 0 Å². The highest BCUT2D eigenvalue weighted by Gasteiger charge is 2.21. The fourth-order valence-corrected chi connectivity index (χ4v) is 11.1. The highest BCUT2D eigenvalue weighted by atomic mass is 15.1. The van der Waals surface area contributed by atoms with E-state index in [1.807, 2.05) is 0 Å². The second-order valence-corrected chi connectivity index (χ2v) is 19.2. The van der Waals surface area contributed by atoms with Gasteiger partial charge < -0.3 is 4.90 Å². The highest BCUT2D eigenvalue weighted by Crippen LogP contribution is 2.47. The summed E-state index contributed by atoms with van der Waals surface area (Å²) in [6.45, 7) is 0. The van der Waals surface area contributed by atoms with E-state index in [4.69, 9.17) is 0 Å². The Morgan fingerprint density at radius 2 is 0.507 bits per heavy atom. The van der Waals surface area contributed by atoms with Crippen LogP contribution in [0.25, 0.3) is 111 Å². The summed E-state index contributed by atoms with van der Waals surface area (Å²) < 4.78 is 0. The molecule has 0 saturated carbocycles. The molecule has 0 fully saturated rings. The van der Waals surface area contributed by atoms with Gasteiger partial charge in [0, 0.05) is 16.9 Å². The van der Waals surface area contributed by atoms with Crippen LogP contribution in [0.15, 0.2) is 309 Å². The van der Waals surface area contributed by atoms with Crippen LogP contribution < -0.4 is 4.90 Å². The zero-order valence-electron chi connectivity index (χ0n) is 41.4. The number of nitrogens with zero attached hydrogens (tertiary/aromatic N) is 1. The van der Waals surface area contributed by atoms with Crippen molar-refractivity contribution in [2.75, 3.05) is 4.90 Å². The van der Waals surface area contributed by atoms with Gasteiger partial charge in [0.2, 0.25) is 0 Å². The molecular formula is C74H51N. The van der Waals surface area contributed by atoms with Gasteiger partial charge in [-0.15, -0.1) is 0 Å². The molecule has 1 nitrogen and oxygen atoms in total. The molecule has 0 aliphatic rings. The number of hydrogen-bond acceptors (Lipinski definition) is 1. The average Bonchev–Trinajstić information content (AvgIpc) is 3.50. The van der Waals surface area contributed by atoms with Gasteiger partial charge >= 0.3 is 0 Å². The van der Waals surface area contributed by atoms with Crippen molar-refractivity contribution in [2.24, 2.45) is 0 Å². The Bertz CT molecular complexity index is 4100. The first-order valence-electron chi connectivity index (χ1n) is 25.8. The van der Waals surface area contributed by atoms with Crippen LogP contribution in [-0.4, -0.2) is 0 Å². The van der Waals surface area contributed by atoms with Gasteiger partial charge in [0.05, 0.1) is 5.69 Å². The number of benzene rings is 13. The molecule has 0 aliphatic heterocycles. The van der Waals surface area contributed by atoms with Crippen molar-refractivity contribution in [3.05, 3.63) is 309 Å². The lowest BCUT2D eigenvalue weighted by atomic mass is 9.84. The Balaban J connectivity index is 0.952. The predicted octanol–water partition coefficient (Wildman–Crippen LogP) is 20.8. The monoisotopic (exact) mass is 953 g/mol. The summed E-state index contributed by atoms with van der Waals surface area (Å²) in [6, 6.07) is 113. The first kappa shape index (κ1) is 45.1. The number of hydrogen-bond donors (Lipinski definition) is 0. The van der Waals surface area contributed by atoms with Gasteiger partial charge in [-0.1, -0.05) is 261 Å². The van der Waals surface area contributed by atoms with Crippen molar-refractivity contribution in [3.8, 4) is 89.0 Å². The number of anilines is 3. The summed E-state index contributed by atoms with van der Waals surface area (Å²) in [5, 5.41) is 4.99. The van der Waals surface area contributed by atoms with Crippen LogP contribution in [0.5, 0.6) is 0 Å². The molecule has 0 bridgehead atoms. The minimum Gasteiger partial charge on any atom is -0.310 e. The van der Waals surface area contributed by atoms with Gasteiger partial charge in [-0.25, -0.2) is 0 Å². The first-order chi connectivity index (χ1) is 37.2. The summed E-state index contributed by atoms with van der Waals surface area (Å²) in [5.74, 6) is 0. The third-order valence-electron chi connectivity index (χ3n) is 14.7. The van der Waals surface area contributed by atoms with E-state index < -0.39 is 0 Å². The lowest BCUT2D eigenvalue weighted by Crippen LogP contribution is -2.11. The van der Waals surface area contributed by atoms with Crippen LogP contribution in [0, 0.1) is 0 Å². The van der Waals surface area contributed by atoms with Gasteiger partial charge in [0.15, 0.2) is 0 Å². The third kappa shape index (κ3) is 8.77. The molecule has 13 aromatic rings. The van der Waals surface area contributed by atoms with Gasteiger partial charge in [-0.2, -0.15) is 0 Å². The maximum Gasteiger partial charge on any atom is 0.0540 e. The number of rotatable bonds is 11. The third-order valence-corrected chi connectivity index (χ3v) is 14.7. The second-order valence-electron chi connectivity index (χ2n) is 19.2. The molecule has 352 valence electrons. The minimum atomic E-state index is 1.07. The van der Waals surface area contributed by atoms with Gasteiger partial charge in [-0.05, 0) is 154 Å². The number of fused-ring (bicyclic) bond motifs is 3. The Morgan fingerprint density at radius 1 is 0.173 bits per heavy atom. The summed E-state index contributed by atoms with van der Waals surface area (Å²) in [4.78, 5) is 2.42. The molecular weight excluding hydrogens is 903 g/mol. The van der Waals surface area contributed by atoms with Crippen LogP contribution in [-0.2, 0) is 0 Å². The molecule has 1 heteroatoms. The van der Waals surface area contributed by atoms with Gasteiger partial charge in [0.25, 0.3) is 0 Å². The van der Waals surface area contributed by atoms with Crippen LogP contribution in [0.1, 0.15) is 0 Å². The molecule has 13 aromatic carbocycles. The van der Waals surface area contributed by atoms with Crippen molar-refractivity contribution in [1.82, 2.24) is 0 Å². The van der Waals surface area contributed by atoms with E-state index >= 15 is 0 Å². The maximum absolute atomic E-state index is 2.42. The van der Waals surface area contributed by atoms with Crippen molar-refractivity contribution >= 4 is 38.6 Å². The molecule has 13 rings (SSSR count). The molecule has 75 heavy (non-hydrogen) atoms. The van der Waals surface area contributed by atoms with Gasteiger partial charge in [0.1, 0.15) is 0 Å². The maximum atomic E-state index is 2.42. The normalized spacial score (nSPS) is 11.2. The largest absolute Gasteiger partial charge is 0.310 e. The standard InChI is InChI=1S/C74H51N/c1-7-21-52(22-8-1)62-41-48-72(70(50-62)57-27-13-4-14-28-57)75(63-42-35-53(36-43-63)60-39-46-65(55-23-9-2-10-24-55)69(49-60)56-25-11-3-12-26-56)64-44-37-54(38-45-64)61-40-47-67-66-33-19-20-34-68(66)73(58-29-15-5-16-30-58)74(71(67)51-61)59-31-17-6-18-32-59/h1-51H. The lowest BCUT2D eigenvalue weighted by Gasteiger charge is -2.29. The molecule has 0 spiro atoms. The predicted molar refractivity (Wildman–Crippen MR) is 320 cm³/mol. The van der Waals surface area contributed by atoms with Crippen LogP contribution in [0.4, 0.5) is 17.1 Å². The quantitative estimate of drug-likeness (QED) is 0.117. The molecule has 0 saturated heterocycles. The Morgan fingerprint density at radius 3 is 1.03 bits per heavy atom. The van der Waals surface area contributed by atoms with Gasteiger partial charge in [-0.3, -0.25) is 0 Å². The Hall–Kier alpha value is -9.82. The first-order valence-corrected chi connectivity index (χ1v) is 25.8. The van der Waals surface area contributed by atoms with Crippen LogP contribution in [0.3, 0.4) is 0 Å². The Kier molecular flexibility index (Phi) is 12.0. The average molecular weight is 954 g/mol. The molecule has 0 aliphatic carbocycles. The van der Waals surface area contributed by atoms with Crippen LogP contribution in [0.2, 0.25) is 0 Å². The molecule has 0 atom stereocenters. The highest BCUT2D eigenvalue weighted by molar-refractivity contribution is 6.22. The fraction of sp³-hybridized carbons (Fsp3) is 0. The molecule has 0 aromatic heterocycles. The van der Waals surface area contributed by atoms with E-state index in [-0.39, 0.29) is 0 Å². The topological polar surface area (TPSA) is 3.24 Å². The minimum absolute atomic E-state index is 1.07. The molecule has 0 N–H and O–H groups in total. The van der Waals surface area contributed by atoms with E-state index in [0.29, 0.717) is 0 Å². The molecule has 0 radical (unpaired) electrons. The summed E-state index contributed by atoms with van der Waals surface area (Å²) in [7, 11) is 0. The smallest absolute Gasteiger partial charge is 0.0540 e. The summed E-state index contributed by atoms with van der Waals surface area (Å²) in [6.07, 6.45) is 0. The van der Waals surface area contributed by atoms with E-state index in [0.717, 1.165) is 39.3 Å². The van der Waals surface area contributed by atoms with E-state index in [1.54, 1.807) is 0 Å². The Labute approximate surface area is 439 Å². The van der Waals surface area contributed by atoms with Crippen molar-refractivity contribution in [3.63, 3.8) is 0 Å². The zero-order chi connectivity index (χ0) is 49.9. The zero-order valence-corrected chi connectivity index (χ0v) is 41.4. The second kappa shape index (κ2) is 20.0. The molecule has 0 unspecified atom stereocenters. The summed E-state index contributed by atoms with van der Waals surface area (Å²) in [5.41, 5.74) is 22.3. The molecule has 0 heterocycles. The molecule has 0 amide bonds. The van der Waals surface area contributed by atoms with Crippen LogP contribution >= 0.6 is 0 Å². The summed E-state index contributed by atoms with van der Waals surface area (Å²) >= 11 is 0. The van der Waals surface area contributed by atoms with Crippen molar-refractivity contribution in [1.29, 1.82) is 0 Å². The van der Waals surface area contributed by atoms with Crippen molar-refractivity contribution < 1.29 is 0 Å². The fourth-order valence-electron chi connectivity index (χ4n) is 11.1.